The molecule has 1 heterocycles. The fourth-order valence-electron chi connectivity index (χ4n) is 1.63. The summed E-state index contributed by atoms with van der Waals surface area (Å²) in [5.74, 6) is 0. The first-order valence-electron chi connectivity index (χ1n) is 6.02. The summed E-state index contributed by atoms with van der Waals surface area (Å²) in [5, 5.41) is 9.88. The van der Waals surface area contributed by atoms with Gasteiger partial charge < -0.3 is 5.11 Å². The second-order valence-electron chi connectivity index (χ2n) is 5.46. The van der Waals surface area contributed by atoms with Gasteiger partial charge in [-0.25, -0.2) is 0 Å². The predicted octanol–water partition coefficient (Wildman–Crippen LogP) is 1.77. The molecule has 0 unspecified atom stereocenters. The number of nitrogens with zero attached hydrogens (tertiary/aromatic N) is 3. The highest BCUT2D eigenvalue weighted by Gasteiger charge is 2.20. The van der Waals surface area contributed by atoms with Gasteiger partial charge in [-0.3, -0.25) is 14.9 Å². The average molecular weight is 237 g/mol. The molecule has 1 aromatic heterocycles. The Morgan fingerprint density at radius 2 is 1.94 bits per heavy atom. The lowest BCUT2D eigenvalue weighted by atomic mass is 10.1. The zero-order valence-electron chi connectivity index (χ0n) is 11.4. The zero-order chi connectivity index (χ0) is 13.1. The van der Waals surface area contributed by atoms with Crippen molar-refractivity contribution in [1.29, 1.82) is 0 Å². The third-order valence-corrected chi connectivity index (χ3v) is 2.52. The standard InChI is InChI=1S/C13H23N3O/c1-10(2)16(9-13(4,5)17)8-12-7-14-11(3)6-15-12/h6-7,10,17H,8-9H2,1-5H3. The largest absolute Gasteiger partial charge is 0.389 e. The predicted molar refractivity (Wildman–Crippen MR) is 68.6 cm³/mol. The third-order valence-electron chi connectivity index (χ3n) is 2.52. The first-order chi connectivity index (χ1) is 7.78. The molecule has 0 radical (unpaired) electrons. The van der Waals surface area contributed by atoms with Crippen molar-refractivity contribution in [2.24, 2.45) is 0 Å². The molecule has 0 amide bonds. The van der Waals surface area contributed by atoms with Gasteiger partial charge in [-0.15, -0.1) is 0 Å². The van der Waals surface area contributed by atoms with Gasteiger partial charge in [-0.1, -0.05) is 0 Å². The monoisotopic (exact) mass is 237 g/mol. The van der Waals surface area contributed by atoms with Crippen LogP contribution in [-0.4, -0.2) is 38.2 Å². The number of aryl methyl sites for hydroxylation is 1. The maximum atomic E-state index is 9.88. The molecule has 0 saturated heterocycles. The summed E-state index contributed by atoms with van der Waals surface area (Å²) in [4.78, 5) is 10.8. The molecule has 1 rings (SSSR count). The van der Waals surface area contributed by atoms with E-state index in [9.17, 15) is 5.11 Å². The Labute approximate surface area is 104 Å². The number of rotatable bonds is 5. The molecular formula is C13H23N3O. The fourth-order valence-corrected chi connectivity index (χ4v) is 1.63. The van der Waals surface area contributed by atoms with Crippen molar-refractivity contribution in [2.75, 3.05) is 6.54 Å². The number of aromatic nitrogens is 2. The highest BCUT2D eigenvalue weighted by Crippen LogP contribution is 2.11. The maximum Gasteiger partial charge on any atom is 0.0727 e. The van der Waals surface area contributed by atoms with Crippen molar-refractivity contribution >= 4 is 0 Å². The van der Waals surface area contributed by atoms with Crippen LogP contribution in [0.4, 0.5) is 0 Å². The van der Waals surface area contributed by atoms with E-state index in [2.05, 4.69) is 28.7 Å². The van der Waals surface area contributed by atoms with Gasteiger partial charge in [-0.2, -0.15) is 0 Å². The van der Waals surface area contributed by atoms with Crippen LogP contribution >= 0.6 is 0 Å². The number of aliphatic hydroxyl groups is 1. The molecule has 0 fully saturated rings. The van der Waals surface area contributed by atoms with Gasteiger partial charge in [0, 0.05) is 31.5 Å². The molecule has 17 heavy (non-hydrogen) atoms. The first kappa shape index (κ1) is 14.1. The van der Waals surface area contributed by atoms with E-state index in [-0.39, 0.29) is 0 Å². The van der Waals surface area contributed by atoms with Gasteiger partial charge in [0.1, 0.15) is 0 Å². The van der Waals surface area contributed by atoms with Crippen LogP contribution in [0.1, 0.15) is 39.1 Å². The number of hydrogen-bond acceptors (Lipinski definition) is 4. The molecule has 0 bridgehead atoms. The smallest absolute Gasteiger partial charge is 0.0727 e. The number of hydrogen-bond donors (Lipinski definition) is 1. The molecule has 0 aliphatic carbocycles. The van der Waals surface area contributed by atoms with E-state index in [1.165, 1.54) is 0 Å². The molecule has 0 spiro atoms. The van der Waals surface area contributed by atoms with E-state index in [4.69, 9.17) is 0 Å². The summed E-state index contributed by atoms with van der Waals surface area (Å²) >= 11 is 0. The Balaban J connectivity index is 2.70. The van der Waals surface area contributed by atoms with Gasteiger partial charge in [-0.05, 0) is 34.6 Å². The second-order valence-corrected chi connectivity index (χ2v) is 5.46. The third kappa shape index (κ3) is 5.24. The van der Waals surface area contributed by atoms with E-state index in [1.54, 1.807) is 12.4 Å². The quantitative estimate of drug-likeness (QED) is 0.848. The van der Waals surface area contributed by atoms with Crippen LogP contribution in [0.15, 0.2) is 12.4 Å². The van der Waals surface area contributed by atoms with Gasteiger partial charge in [0.15, 0.2) is 0 Å². The van der Waals surface area contributed by atoms with Crippen LogP contribution in [0, 0.1) is 6.92 Å². The molecule has 4 heteroatoms. The second kappa shape index (κ2) is 5.56. The molecule has 0 aromatic carbocycles. The average Bonchev–Trinajstić information content (AvgIpc) is 2.18. The van der Waals surface area contributed by atoms with Crippen LogP contribution in [-0.2, 0) is 6.54 Å². The summed E-state index contributed by atoms with van der Waals surface area (Å²) in [6, 6.07) is 0.365. The van der Waals surface area contributed by atoms with Crippen molar-refractivity contribution < 1.29 is 5.11 Å². The van der Waals surface area contributed by atoms with Crippen molar-refractivity contribution in [2.45, 2.75) is 52.8 Å². The summed E-state index contributed by atoms with van der Waals surface area (Å²) in [5.41, 5.74) is 1.17. The Morgan fingerprint density at radius 1 is 1.29 bits per heavy atom. The molecule has 96 valence electrons. The lowest BCUT2D eigenvalue weighted by molar-refractivity contribution is 0.0220. The van der Waals surface area contributed by atoms with Crippen molar-refractivity contribution in [1.82, 2.24) is 14.9 Å². The summed E-state index contributed by atoms with van der Waals surface area (Å²) in [6.45, 7) is 11.1. The fraction of sp³-hybridized carbons (Fsp3) is 0.692. The van der Waals surface area contributed by atoms with E-state index in [0.717, 1.165) is 17.9 Å². The maximum absolute atomic E-state index is 9.88. The van der Waals surface area contributed by atoms with Crippen molar-refractivity contribution in [3.05, 3.63) is 23.8 Å². The van der Waals surface area contributed by atoms with Crippen LogP contribution in [0.5, 0.6) is 0 Å². The zero-order valence-corrected chi connectivity index (χ0v) is 11.4. The molecule has 1 N–H and O–H groups in total. The molecular weight excluding hydrogens is 214 g/mol. The van der Waals surface area contributed by atoms with Gasteiger partial charge in [0.2, 0.25) is 0 Å². The highest BCUT2D eigenvalue weighted by molar-refractivity contribution is 5.01. The van der Waals surface area contributed by atoms with Crippen molar-refractivity contribution in [3.8, 4) is 0 Å². The molecule has 0 saturated carbocycles. The van der Waals surface area contributed by atoms with Crippen molar-refractivity contribution in [3.63, 3.8) is 0 Å². The molecule has 0 aliphatic rings. The van der Waals surface area contributed by atoms with E-state index < -0.39 is 5.60 Å². The summed E-state index contributed by atoms with van der Waals surface area (Å²) < 4.78 is 0. The van der Waals surface area contributed by atoms with Crippen LogP contribution < -0.4 is 0 Å². The van der Waals surface area contributed by atoms with E-state index in [0.29, 0.717) is 12.6 Å². The van der Waals surface area contributed by atoms with Crippen LogP contribution in [0.25, 0.3) is 0 Å². The Hall–Kier alpha value is -1.00. The Bertz CT molecular complexity index is 341. The molecule has 0 aliphatic heterocycles. The summed E-state index contributed by atoms with van der Waals surface area (Å²) in [6.07, 6.45) is 3.58. The van der Waals surface area contributed by atoms with Gasteiger partial charge >= 0.3 is 0 Å². The normalized spacial score (nSPS) is 12.5. The molecule has 0 atom stereocenters. The highest BCUT2D eigenvalue weighted by atomic mass is 16.3. The van der Waals surface area contributed by atoms with E-state index >= 15 is 0 Å². The first-order valence-corrected chi connectivity index (χ1v) is 6.02. The summed E-state index contributed by atoms with van der Waals surface area (Å²) in [7, 11) is 0. The topological polar surface area (TPSA) is 49.2 Å². The Morgan fingerprint density at radius 3 is 2.35 bits per heavy atom. The van der Waals surface area contributed by atoms with Crippen LogP contribution in [0.2, 0.25) is 0 Å². The minimum atomic E-state index is -0.692. The Kier molecular flexibility index (Phi) is 4.60. The lowest BCUT2D eigenvalue weighted by Crippen LogP contribution is -2.42. The van der Waals surface area contributed by atoms with Crippen LogP contribution in [0.3, 0.4) is 0 Å². The van der Waals surface area contributed by atoms with E-state index in [1.807, 2.05) is 20.8 Å². The SMILES string of the molecule is Cc1cnc(CN(CC(C)(C)O)C(C)C)cn1. The van der Waals surface area contributed by atoms with Gasteiger partial charge in [0.05, 0.1) is 17.0 Å². The van der Waals surface area contributed by atoms with Gasteiger partial charge in [0.25, 0.3) is 0 Å². The molecule has 4 nitrogen and oxygen atoms in total. The lowest BCUT2D eigenvalue weighted by Gasteiger charge is -2.31. The molecule has 1 aromatic rings. The minimum Gasteiger partial charge on any atom is -0.389 e. The minimum absolute atomic E-state index is 0.365.